The average molecular weight is 420 g/mol. The van der Waals surface area contributed by atoms with E-state index in [-0.39, 0.29) is 0 Å². The quantitative estimate of drug-likeness (QED) is 0.765. The van der Waals surface area contributed by atoms with Crippen molar-refractivity contribution in [3.8, 4) is 17.7 Å². The second-order valence-electron chi connectivity index (χ2n) is 7.73. The Balaban J connectivity index is 1.87. The number of fused-ring (bicyclic) bond motifs is 1. The number of allylic oxidation sites excluding steroid dienone is 1. The molecule has 8 nitrogen and oxygen atoms in total. The minimum absolute atomic E-state index is 0.330. The molecule has 0 spiro atoms. The molecule has 2 aromatic rings. The number of benzene rings is 1. The smallest absolute Gasteiger partial charge is 0.246 e. The van der Waals surface area contributed by atoms with Gasteiger partial charge in [-0.15, -0.1) is 0 Å². The van der Waals surface area contributed by atoms with E-state index < -0.39 is 5.91 Å². The highest BCUT2D eigenvalue weighted by Gasteiger charge is 2.32. The van der Waals surface area contributed by atoms with Crippen LogP contribution in [0.1, 0.15) is 23.6 Å². The highest BCUT2D eigenvalue weighted by atomic mass is 16.5. The predicted octanol–water partition coefficient (Wildman–Crippen LogP) is 2.75. The number of nitriles is 1. The van der Waals surface area contributed by atoms with Crippen LogP contribution in [-0.2, 0) is 16.0 Å². The van der Waals surface area contributed by atoms with Gasteiger partial charge in [-0.25, -0.2) is 4.98 Å². The van der Waals surface area contributed by atoms with E-state index in [0.29, 0.717) is 66.3 Å². The van der Waals surface area contributed by atoms with Gasteiger partial charge in [0.25, 0.3) is 0 Å². The van der Waals surface area contributed by atoms with E-state index in [1.807, 2.05) is 18.7 Å². The molecule has 8 heteroatoms. The van der Waals surface area contributed by atoms with E-state index in [4.69, 9.17) is 19.9 Å². The van der Waals surface area contributed by atoms with E-state index in [0.717, 1.165) is 16.8 Å². The molecule has 2 aliphatic heterocycles. The van der Waals surface area contributed by atoms with Gasteiger partial charge >= 0.3 is 0 Å². The molecule has 0 aliphatic carbocycles. The van der Waals surface area contributed by atoms with Gasteiger partial charge in [0.05, 0.1) is 49.9 Å². The molecule has 2 N–H and O–H groups in total. The summed E-state index contributed by atoms with van der Waals surface area (Å²) in [5, 5.41) is 9.27. The summed E-state index contributed by atoms with van der Waals surface area (Å²) in [7, 11) is 1.55. The van der Waals surface area contributed by atoms with Gasteiger partial charge in [0.15, 0.2) is 0 Å². The van der Waals surface area contributed by atoms with Gasteiger partial charge in [0, 0.05) is 41.4 Å². The summed E-state index contributed by atoms with van der Waals surface area (Å²) in [5.74, 6) is 0.835. The van der Waals surface area contributed by atoms with Crippen molar-refractivity contribution in [1.82, 2.24) is 4.98 Å². The first-order valence-electron chi connectivity index (χ1n) is 10.0. The van der Waals surface area contributed by atoms with Crippen molar-refractivity contribution in [2.24, 2.45) is 11.7 Å². The van der Waals surface area contributed by atoms with E-state index in [1.54, 1.807) is 31.5 Å². The van der Waals surface area contributed by atoms with Crippen LogP contribution in [0, 0.1) is 24.2 Å². The molecule has 4 rings (SSSR count). The lowest BCUT2D eigenvalue weighted by Crippen LogP contribution is -2.33. The second kappa shape index (κ2) is 8.28. The molecule has 1 amide bonds. The third-order valence-corrected chi connectivity index (χ3v) is 5.65. The number of hydrogen-bond donors (Lipinski definition) is 1. The molecular formula is C23H24N4O4. The normalized spacial score (nSPS) is 15.7. The van der Waals surface area contributed by atoms with Crippen LogP contribution in [0.4, 0.5) is 11.4 Å². The fraction of sp³-hybridized carbons (Fsp3) is 0.348. The lowest BCUT2D eigenvalue weighted by atomic mass is 9.93. The van der Waals surface area contributed by atoms with Crippen molar-refractivity contribution in [3.63, 3.8) is 0 Å². The number of carbonyl (C=O) groups excluding carboxylic acids is 1. The minimum atomic E-state index is -0.499. The maximum absolute atomic E-state index is 12.3. The van der Waals surface area contributed by atoms with E-state index >= 15 is 0 Å². The number of hydrogen-bond acceptors (Lipinski definition) is 7. The summed E-state index contributed by atoms with van der Waals surface area (Å²) >= 11 is 0. The number of ether oxygens (including phenoxy) is 3. The maximum Gasteiger partial charge on any atom is 0.246 e. The number of amides is 1. The largest absolute Gasteiger partial charge is 0.495 e. The molecule has 0 saturated carbocycles. The highest BCUT2D eigenvalue weighted by molar-refractivity contribution is 5.97. The molecule has 1 fully saturated rings. The molecule has 1 aromatic heterocycles. The third kappa shape index (κ3) is 3.68. The topological polar surface area (TPSA) is 111 Å². The minimum Gasteiger partial charge on any atom is -0.495 e. The fourth-order valence-corrected chi connectivity index (χ4v) is 3.91. The van der Waals surface area contributed by atoms with Gasteiger partial charge in [0.1, 0.15) is 5.75 Å². The molecule has 3 heterocycles. The number of carbonyl (C=O) groups is 1. The van der Waals surface area contributed by atoms with Crippen LogP contribution in [0.3, 0.4) is 0 Å². The molecule has 1 saturated heterocycles. The highest BCUT2D eigenvalue weighted by Crippen LogP contribution is 2.46. The van der Waals surface area contributed by atoms with Gasteiger partial charge in [-0.1, -0.05) is 0 Å². The lowest BCUT2D eigenvalue weighted by Gasteiger charge is -2.36. The first kappa shape index (κ1) is 20.7. The van der Waals surface area contributed by atoms with Crippen LogP contribution in [0.2, 0.25) is 0 Å². The summed E-state index contributed by atoms with van der Waals surface area (Å²) in [5.41, 5.74) is 10.7. The number of nitrogens with zero attached hydrogens (tertiary/aromatic N) is 3. The van der Waals surface area contributed by atoms with Crippen LogP contribution in [0.5, 0.6) is 11.6 Å². The van der Waals surface area contributed by atoms with Crippen molar-refractivity contribution in [1.29, 1.82) is 5.26 Å². The number of anilines is 2. The zero-order valence-electron chi connectivity index (χ0n) is 17.8. The third-order valence-electron chi connectivity index (χ3n) is 5.65. The fourth-order valence-electron chi connectivity index (χ4n) is 3.91. The first-order valence-corrected chi connectivity index (χ1v) is 10.0. The van der Waals surface area contributed by atoms with Gasteiger partial charge in [-0.2, -0.15) is 5.26 Å². The summed E-state index contributed by atoms with van der Waals surface area (Å²) in [6.07, 6.45) is 2.09. The summed E-state index contributed by atoms with van der Waals surface area (Å²) in [6, 6.07) is 7.32. The Morgan fingerprint density at radius 2 is 2.16 bits per heavy atom. The summed E-state index contributed by atoms with van der Waals surface area (Å²) in [4.78, 5) is 18.7. The average Bonchev–Trinajstić information content (AvgIpc) is 2.73. The number of aromatic nitrogens is 1. The summed E-state index contributed by atoms with van der Waals surface area (Å²) < 4.78 is 16.8. The zero-order chi connectivity index (χ0) is 22.1. The monoisotopic (exact) mass is 420 g/mol. The van der Waals surface area contributed by atoms with E-state index in [2.05, 4.69) is 11.1 Å². The van der Waals surface area contributed by atoms with Crippen molar-refractivity contribution < 1.29 is 19.0 Å². The Labute approximate surface area is 180 Å². The van der Waals surface area contributed by atoms with Gasteiger partial charge in [-0.3, -0.25) is 4.79 Å². The van der Waals surface area contributed by atoms with Crippen LogP contribution in [0.25, 0.3) is 0 Å². The maximum atomic E-state index is 12.3. The molecule has 0 bridgehead atoms. The molecule has 160 valence electrons. The Morgan fingerprint density at radius 1 is 1.39 bits per heavy atom. The zero-order valence-corrected chi connectivity index (χ0v) is 17.8. The van der Waals surface area contributed by atoms with Crippen molar-refractivity contribution in [2.75, 3.05) is 31.8 Å². The molecule has 2 aliphatic rings. The number of aryl methyl sites for hydroxylation is 1. The lowest BCUT2D eigenvalue weighted by molar-refractivity contribution is -0.114. The standard InChI is InChI=1S/C23H24N4O4/c1-13-9-26-23(31-12-16-10-30-11-16)18-7-17(22(25)28)14(2)27(21(13)18)19-5-4-15(8-24)6-20(19)29-3/h4-6,9,16H,7,10-12H2,1-3H3,(H2,25,28). The van der Waals surface area contributed by atoms with Crippen molar-refractivity contribution in [2.45, 2.75) is 20.3 Å². The number of pyridine rings is 1. The molecule has 0 atom stereocenters. The number of nitrogens with two attached hydrogens (primary N) is 1. The molecule has 31 heavy (non-hydrogen) atoms. The van der Waals surface area contributed by atoms with Crippen molar-refractivity contribution in [3.05, 3.63) is 52.4 Å². The second-order valence-corrected chi connectivity index (χ2v) is 7.73. The number of primary amides is 1. The Morgan fingerprint density at radius 3 is 2.77 bits per heavy atom. The van der Waals surface area contributed by atoms with E-state index in [1.165, 1.54) is 0 Å². The Bertz CT molecular complexity index is 1120. The SMILES string of the molecule is COc1cc(C#N)ccc1N1C(C)=C(C(N)=O)Cc2c(OCC3COC3)ncc(C)c21. The molecule has 0 unspecified atom stereocenters. The Kier molecular flexibility index (Phi) is 5.53. The van der Waals surface area contributed by atoms with Gasteiger partial charge in [0.2, 0.25) is 11.8 Å². The number of methoxy groups -OCH3 is 1. The van der Waals surface area contributed by atoms with Crippen LogP contribution < -0.4 is 20.1 Å². The van der Waals surface area contributed by atoms with E-state index in [9.17, 15) is 10.1 Å². The first-order chi connectivity index (χ1) is 14.9. The van der Waals surface area contributed by atoms with Crippen LogP contribution in [-0.4, -0.2) is 37.8 Å². The molecule has 0 radical (unpaired) electrons. The van der Waals surface area contributed by atoms with Crippen molar-refractivity contribution >= 4 is 17.3 Å². The van der Waals surface area contributed by atoms with Gasteiger partial charge in [-0.05, 0) is 31.5 Å². The molecule has 1 aromatic carbocycles. The summed E-state index contributed by atoms with van der Waals surface area (Å²) in [6.45, 7) is 5.66. The molecular weight excluding hydrogens is 396 g/mol. The Hall–Kier alpha value is -3.57. The van der Waals surface area contributed by atoms with Crippen LogP contribution in [0.15, 0.2) is 35.7 Å². The van der Waals surface area contributed by atoms with Crippen LogP contribution >= 0.6 is 0 Å². The van der Waals surface area contributed by atoms with Gasteiger partial charge < -0.3 is 24.8 Å². The predicted molar refractivity (Wildman–Crippen MR) is 114 cm³/mol. The number of rotatable bonds is 6.